The first kappa shape index (κ1) is 17.1. The maximum Gasteiger partial charge on any atom is 0.228 e. The standard InChI is InChI=1S/C19H20FN3O2/c20-13-7-8-17-15(11-13)16(12-18(24)23-17)19(25)22-10-4-2-6-14-5-1-3-9-21-14/h1,3,5,7-9,11,16H,2,4,6,10,12H2,(H,22,25)(H,23,24)/t16-/m1/s1. The van der Waals surface area contributed by atoms with Gasteiger partial charge in [0.05, 0.1) is 5.92 Å². The SMILES string of the molecule is O=C1C[C@@H](C(=O)NCCCCc2ccccn2)c2cc(F)ccc2N1. The molecule has 0 unspecified atom stereocenters. The van der Waals surface area contributed by atoms with Crippen molar-refractivity contribution in [2.75, 3.05) is 11.9 Å². The molecule has 1 aliphatic rings. The van der Waals surface area contributed by atoms with Crippen LogP contribution in [-0.2, 0) is 16.0 Å². The summed E-state index contributed by atoms with van der Waals surface area (Å²) in [7, 11) is 0. The lowest BCUT2D eigenvalue weighted by molar-refractivity contribution is -0.126. The van der Waals surface area contributed by atoms with E-state index in [0.717, 1.165) is 25.0 Å². The average molecular weight is 341 g/mol. The molecule has 0 saturated carbocycles. The molecule has 130 valence electrons. The van der Waals surface area contributed by atoms with Crippen LogP contribution in [0, 0.1) is 5.82 Å². The van der Waals surface area contributed by atoms with Crippen molar-refractivity contribution in [2.24, 2.45) is 0 Å². The number of hydrogen-bond donors (Lipinski definition) is 2. The Morgan fingerprint density at radius 2 is 2.16 bits per heavy atom. The van der Waals surface area contributed by atoms with E-state index >= 15 is 0 Å². The maximum absolute atomic E-state index is 13.5. The third-order valence-corrected chi connectivity index (χ3v) is 4.25. The molecular formula is C19H20FN3O2. The van der Waals surface area contributed by atoms with Gasteiger partial charge >= 0.3 is 0 Å². The lowest BCUT2D eigenvalue weighted by atomic mass is 9.89. The summed E-state index contributed by atoms with van der Waals surface area (Å²) >= 11 is 0. The number of aryl methyl sites for hydroxylation is 1. The van der Waals surface area contributed by atoms with E-state index in [1.54, 1.807) is 6.20 Å². The summed E-state index contributed by atoms with van der Waals surface area (Å²) in [6, 6.07) is 9.90. The van der Waals surface area contributed by atoms with Gasteiger partial charge < -0.3 is 10.6 Å². The van der Waals surface area contributed by atoms with Gasteiger partial charge in [0, 0.05) is 30.5 Å². The number of rotatable bonds is 6. The van der Waals surface area contributed by atoms with Gasteiger partial charge in [-0.3, -0.25) is 14.6 Å². The Labute approximate surface area is 145 Å². The number of hydrogen-bond acceptors (Lipinski definition) is 3. The van der Waals surface area contributed by atoms with Gasteiger partial charge in [0.25, 0.3) is 0 Å². The van der Waals surface area contributed by atoms with Crippen LogP contribution >= 0.6 is 0 Å². The summed E-state index contributed by atoms with van der Waals surface area (Å²) in [5.41, 5.74) is 2.07. The summed E-state index contributed by atoms with van der Waals surface area (Å²) in [6.07, 6.45) is 4.39. The predicted octanol–water partition coefficient (Wildman–Crippen LogP) is 2.79. The van der Waals surface area contributed by atoms with Crippen LogP contribution in [0.4, 0.5) is 10.1 Å². The van der Waals surface area contributed by atoms with E-state index in [9.17, 15) is 14.0 Å². The van der Waals surface area contributed by atoms with Gasteiger partial charge in [0.15, 0.2) is 0 Å². The number of halogens is 1. The molecule has 0 radical (unpaired) electrons. The highest BCUT2D eigenvalue weighted by molar-refractivity contribution is 6.01. The van der Waals surface area contributed by atoms with Crippen LogP contribution in [0.25, 0.3) is 0 Å². The van der Waals surface area contributed by atoms with Gasteiger partial charge in [-0.2, -0.15) is 0 Å². The molecular weight excluding hydrogens is 321 g/mol. The van der Waals surface area contributed by atoms with Crippen molar-refractivity contribution in [3.63, 3.8) is 0 Å². The molecule has 1 aromatic carbocycles. The first-order valence-electron chi connectivity index (χ1n) is 8.40. The fraction of sp³-hybridized carbons (Fsp3) is 0.316. The highest BCUT2D eigenvalue weighted by Crippen LogP contribution is 2.32. The largest absolute Gasteiger partial charge is 0.356 e. The van der Waals surface area contributed by atoms with Gasteiger partial charge in [0.1, 0.15) is 5.82 Å². The van der Waals surface area contributed by atoms with Crippen LogP contribution < -0.4 is 10.6 Å². The molecule has 5 nitrogen and oxygen atoms in total. The Morgan fingerprint density at radius 1 is 1.28 bits per heavy atom. The van der Waals surface area contributed by atoms with Crippen molar-refractivity contribution in [2.45, 2.75) is 31.6 Å². The Balaban J connectivity index is 1.51. The molecule has 3 rings (SSSR count). The van der Waals surface area contributed by atoms with E-state index in [1.165, 1.54) is 18.2 Å². The number of unbranched alkanes of at least 4 members (excludes halogenated alkanes) is 1. The lowest BCUT2D eigenvalue weighted by Gasteiger charge is -2.24. The van der Waals surface area contributed by atoms with E-state index < -0.39 is 11.7 Å². The number of amides is 2. The zero-order valence-corrected chi connectivity index (χ0v) is 13.8. The zero-order valence-electron chi connectivity index (χ0n) is 13.8. The molecule has 2 N–H and O–H groups in total. The molecule has 0 bridgehead atoms. The van der Waals surface area contributed by atoms with Gasteiger partial charge in [0.2, 0.25) is 11.8 Å². The number of fused-ring (bicyclic) bond motifs is 1. The fourth-order valence-electron chi connectivity index (χ4n) is 2.98. The number of nitrogens with one attached hydrogen (secondary N) is 2. The van der Waals surface area contributed by atoms with Crippen molar-refractivity contribution in [1.29, 1.82) is 0 Å². The van der Waals surface area contributed by atoms with Crippen LogP contribution in [-0.4, -0.2) is 23.3 Å². The van der Waals surface area contributed by atoms with Gasteiger partial charge in [-0.25, -0.2) is 4.39 Å². The summed E-state index contributed by atoms with van der Waals surface area (Å²) in [5.74, 6) is -1.52. The number of aromatic nitrogens is 1. The minimum absolute atomic E-state index is 0.0379. The number of carbonyl (C=O) groups is 2. The summed E-state index contributed by atoms with van der Waals surface area (Å²) < 4.78 is 13.5. The molecule has 2 aromatic rings. The van der Waals surface area contributed by atoms with Gasteiger partial charge in [-0.05, 0) is 55.2 Å². The Hall–Kier alpha value is -2.76. The van der Waals surface area contributed by atoms with Crippen LogP contribution in [0.2, 0.25) is 0 Å². The first-order chi connectivity index (χ1) is 12.1. The summed E-state index contributed by atoms with van der Waals surface area (Å²) in [5, 5.41) is 5.53. The molecule has 1 atom stereocenters. The van der Waals surface area contributed by atoms with E-state index in [1.807, 2.05) is 18.2 Å². The number of pyridine rings is 1. The average Bonchev–Trinajstić information content (AvgIpc) is 2.62. The monoisotopic (exact) mass is 341 g/mol. The van der Waals surface area contributed by atoms with Gasteiger partial charge in [-0.15, -0.1) is 0 Å². The number of carbonyl (C=O) groups excluding carboxylic acids is 2. The second-order valence-electron chi connectivity index (χ2n) is 6.11. The number of anilines is 1. The number of nitrogens with zero attached hydrogens (tertiary/aromatic N) is 1. The molecule has 2 amide bonds. The minimum atomic E-state index is -0.643. The molecule has 0 saturated heterocycles. The van der Waals surface area contributed by atoms with E-state index in [0.29, 0.717) is 17.8 Å². The molecule has 6 heteroatoms. The Bertz CT molecular complexity index is 765. The Morgan fingerprint density at radius 3 is 2.96 bits per heavy atom. The number of benzene rings is 1. The second kappa shape index (κ2) is 7.88. The predicted molar refractivity (Wildman–Crippen MR) is 92.6 cm³/mol. The molecule has 0 aliphatic carbocycles. The van der Waals surface area contributed by atoms with Crippen molar-refractivity contribution >= 4 is 17.5 Å². The van der Waals surface area contributed by atoms with E-state index in [4.69, 9.17) is 0 Å². The van der Waals surface area contributed by atoms with Crippen LogP contribution in [0.5, 0.6) is 0 Å². The van der Waals surface area contributed by atoms with Crippen LogP contribution in [0.15, 0.2) is 42.6 Å². The third kappa shape index (κ3) is 4.41. The van der Waals surface area contributed by atoms with Crippen LogP contribution in [0.3, 0.4) is 0 Å². The maximum atomic E-state index is 13.5. The summed E-state index contributed by atoms with van der Waals surface area (Å²) in [6.45, 7) is 0.522. The van der Waals surface area contributed by atoms with Crippen molar-refractivity contribution < 1.29 is 14.0 Å². The third-order valence-electron chi connectivity index (χ3n) is 4.25. The minimum Gasteiger partial charge on any atom is -0.356 e. The van der Waals surface area contributed by atoms with Crippen molar-refractivity contribution in [3.05, 3.63) is 59.7 Å². The molecule has 25 heavy (non-hydrogen) atoms. The molecule has 0 spiro atoms. The Kier molecular flexibility index (Phi) is 5.38. The van der Waals surface area contributed by atoms with Crippen LogP contribution in [0.1, 0.15) is 36.4 Å². The molecule has 2 heterocycles. The highest BCUT2D eigenvalue weighted by atomic mass is 19.1. The normalized spacial score (nSPS) is 16.0. The first-order valence-corrected chi connectivity index (χ1v) is 8.40. The van der Waals surface area contributed by atoms with E-state index in [-0.39, 0.29) is 18.2 Å². The van der Waals surface area contributed by atoms with Crippen molar-refractivity contribution in [1.82, 2.24) is 10.3 Å². The summed E-state index contributed by atoms with van der Waals surface area (Å²) in [4.78, 5) is 28.5. The fourth-order valence-corrected chi connectivity index (χ4v) is 2.98. The molecule has 0 fully saturated rings. The smallest absolute Gasteiger partial charge is 0.228 e. The molecule has 1 aromatic heterocycles. The quantitative estimate of drug-likeness (QED) is 0.794. The van der Waals surface area contributed by atoms with Gasteiger partial charge in [-0.1, -0.05) is 6.07 Å². The zero-order chi connectivity index (χ0) is 17.6. The highest BCUT2D eigenvalue weighted by Gasteiger charge is 2.30. The lowest BCUT2D eigenvalue weighted by Crippen LogP contribution is -2.35. The second-order valence-corrected chi connectivity index (χ2v) is 6.11. The molecule has 1 aliphatic heterocycles. The van der Waals surface area contributed by atoms with E-state index in [2.05, 4.69) is 15.6 Å². The van der Waals surface area contributed by atoms with Crippen molar-refractivity contribution in [3.8, 4) is 0 Å². The topological polar surface area (TPSA) is 71.1 Å².